The van der Waals surface area contributed by atoms with Gasteiger partial charge in [0.15, 0.2) is 5.13 Å². The molecule has 0 saturated heterocycles. The van der Waals surface area contributed by atoms with Crippen LogP contribution >= 0.6 is 11.3 Å². The summed E-state index contributed by atoms with van der Waals surface area (Å²) in [5.41, 5.74) is 3.57. The molecule has 2 heterocycles. The molecule has 2 aromatic carbocycles. The number of aliphatic imine (C=N–C) groups is 1. The Morgan fingerprint density at radius 3 is 2.85 bits per heavy atom. The fourth-order valence-corrected chi connectivity index (χ4v) is 3.45. The number of hydrogen-bond acceptors (Lipinski definition) is 6. The second-order valence-corrected chi connectivity index (χ2v) is 6.62. The van der Waals surface area contributed by atoms with Gasteiger partial charge in [-0.15, -0.1) is 0 Å². The van der Waals surface area contributed by atoms with Crippen molar-refractivity contribution in [2.24, 2.45) is 4.99 Å². The second-order valence-electron chi connectivity index (χ2n) is 5.59. The number of carbonyl (C=O) groups is 1. The van der Waals surface area contributed by atoms with E-state index >= 15 is 0 Å². The maximum Gasteiger partial charge on any atom is 0.335 e. The zero-order valence-electron chi connectivity index (χ0n) is 13.4. The molecule has 0 aliphatic carbocycles. The topological polar surface area (TPSA) is 94.8 Å². The van der Waals surface area contributed by atoms with E-state index in [1.165, 1.54) is 23.5 Å². The number of fused-ring (bicyclic) bond motifs is 1. The molecule has 4 rings (SSSR count). The lowest BCUT2D eigenvalue weighted by molar-refractivity contribution is 0.0697. The number of carboxylic acid groups (broad SMARTS) is 1. The van der Waals surface area contributed by atoms with Gasteiger partial charge in [0.25, 0.3) is 0 Å². The van der Waals surface area contributed by atoms with Crippen LogP contribution in [0, 0.1) is 0 Å². The van der Waals surface area contributed by atoms with E-state index in [0.717, 1.165) is 16.8 Å². The molecule has 26 heavy (non-hydrogen) atoms. The molecule has 0 radical (unpaired) electrons. The SMILES string of the molecule is O=C(O)c1cccc(Nc2nc(O)c(C=C3C=Nc4ccccc43)s2)c1. The summed E-state index contributed by atoms with van der Waals surface area (Å²) in [6.45, 7) is 0. The Labute approximate surface area is 152 Å². The van der Waals surface area contributed by atoms with E-state index < -0.39 is 5.97 Å². The Balaban J connectivity index is 1.61. The number of nitrogens with one attached hydrogen (secondary N) is 1. The highest BCUT2D eigenvalue weighted by atomic mass is 32.1. The minimum Gasteiger partial charge on any atom is -0.492 e. The minimum atomic E-state index is -1.000. The third kappa shape index (κ3) is 3.07. The van der Waals surface area contributed by atoms with Gasteiger partial charge in [0.05, 0.1) is 16.1 Å². The average Bonchev–Trinajstić information content (AvgIpc) is 3.19. The maximum atomic E-state index is 11.1. The van der Waals surface area contributed by atoms with E-state index in [0.29, 0.717) is 15.7 Å². The van der Waals surface area contributed by atoms with E-state index in [1.54, 1.807) is 18.3 Å². The van der Waals surface area contributed by atoms with Gasteiger partial charge in [-0.1, -0.05) is 35.6 Å². The van der Waals surface area contributed by atoms with Crippen LogP contribution < -0.4 is 5.32 Å². The molecule has 1 aliphatic rings. The van der Waals surface area contributed by atoms with Crippen molar-refractivity contribution >= 4 is 51.7 Å². The molecule has 1 aliphatic heterocycles. The largest absolute Gasteiger partial charge is 0.492 e. The third-order valence-electron chi connectivity index (χ3n) is 3.84. The number of anilines is 2. The lowest BCUT2D eigenvalue weighted by Crippen LogP contribution is -1.97. The van der Waals surface area contributed by atoms with E-state index in [1.807, 2.05) is 30.3 Å². The molecular formula is C19H13N3O3S. The summed E-state index contributed by atoms with van der Waals surface area (Å²) in [6, 6.07) is 14.2. The molecule has 0 unspecified atom stereocenters. The van der Waals surface area contributed by atoms with Crippen LogP contribution in [-0.2, 0) is 0 Å². The number of rotatable bonds is 4. The van der Waals surface area contributed by atoms with Crippen LogP contribution in [0.25, 0.3) is 11.6 Å². The molecule has 0 fully saturated rings. The number of hydrogen-bond donors (Lipinski definition) is 3. The van der Waals surface area contributed by atoms with Gasteiger partial charge in [0.2, 0.25) is 5.88 Å². The number of benzene rings is 2. The number of aromatic carboxylic acids is 1. The van der Waals surface area contributed by atoms with Crippen LogP contribution in [0.5, 0.6) is 5.88 Å². The zero-order chi connectivity index (χ0) is 18.1. The fraction of sp³-hybridized carbons (Fsp3) is 0. The molecule has 0 atom stereocenters. The maximum absolute atomic E-state index is 11.1. The number of allylic oxidation sites excluding steroid dienone is 1. The van der Waals surface area contributed by atoms with Crippen molar-refractivity contribution < 1.29 is 15.0 Å². The quantitative estimate of drug-likeness (QED) is 0.632. The number of carboxylic acids is 1. The minimum absolute atomic E-state index is 0.0860. The Bertz CT molecular complexity index is 1070. The highest BCUT2D eigenvalue weighted by Gasteiger charge is 2.15. The van der Waals surface area contributed by atoms with Gasteiger partial charge in [0, 0.05) is 23.0 Å². The molecule has 0 saturated carbocycles. The lowest BCUT2D eigenvalue weighted by atomic mass is 10.1. The summed E-state index contributed by atoms with van der Waals surface area (Å²) in [7, 11) is 0. The van der Waals surface area contributed by atoms with Crippen LogP contribution in [0.3, 0.4) is 0 Å². The monoisotopic (exact) mass is 363 g/mol. The molecule has 0 amide bonds. The van der Waals surface area contributed by atoms with Crippen molar-refractivity contribution in [2.45, 2.75) is 0 Å². The zero-order valence-corrected chi connectivity index (χ0v) is 14.2. The molecule has 3 N–H and O–H groups in total. The molecule has 128 valence electrons. The predicted molar refractivity (Wildman–Crippen MR) is 103 cm³/mol. The van der Waals surface area contributed by atoms with Crippen LogP contribution in [0.1, 0.15) is 20.8 Å². The van der Waals surface area contributed by atoms with Gasteiger partial charge >= 0.3 is 5.97 Å². The summed E-state index contributed by atoms with van der Waals surface area (Å²) in [4.78, 5) is 20.1. The van der Waals surface area contributed by atoms with Gasteiger partial charge in [-0.25, -0.2) is 4.79 Å². The number of aromatic nitrogens is 1. The van der Waals surface area contributed by atoms with Gasteiger partial charge in [-0.2, -0.15) is 4.98 Å². The Kier molecular flexibility index (Phi) is 3.98. The van der Waals surface area contributed by atoms with E-state index in [9.17, 15) is 9.90 Å². The first kappa shape index (κ1) is 16.0. The van der Waals surface area contributed by atoms with Crippen molar-refractivity contribution in [2.75, 3.05) is 5.32 Å². The highest BCUT2D eigenvalue weighted by molar-refractivity contribution is 7.16. The molecule has 6 nitrogen and oxygen atoms in total. The molecule has 1 aromatic heterocycles. The molecule has 0 spiro atoms. The van der Waals surface area contributed by atoms with Gasteiger partial charge in [0.1, 0.15) is 0 Å². The van der Waals surface area contributed by atoms with Crippen molar-refractivity contribution in [3.05, 3.63) is 64.5 Å². The van der Waals surface area contributed by atoms with E-state index in [2.05, 4.69) is 15.3 Å². The van der Waals surface area contributed by atoms with Gasteiger partial charge in [-0.3, -0.25) is 4.99 Å². The van der Waals surface area contributed by atoms with E-state index in [-0.39, 0.29) is 11.4 Å². The van der Waals surface area contributed by atoms with Crippen LogP contribution in [-0.4, -0.2) is 27.4 Å². The van der Waals surface area contributed by atoms with Gasteiger partial charge < -0.3 is 15.5 Å². The Hall–Kier alpha value is -3.45. The van der Waals surface area contributed by atoms with Crippen LogP contribution in [0.15, 0.2) is 53.5 Å². The summed E-state index contributed by atoms with van der Waals surface area (Å²) in [5.74, 6) is -1.09. The first-order valence-corrected chi connectivity index (χ1v) is 8.57. The number of aromatic hydroxyl groups is 1. The smallest absolute Gasteiger partial charge is 0.335 e. The number of nitrogens with zero attached hydrogens (tertiary/aromatic N) is 2. The molecule has 0 bridgehead atoms. The van der Waals surface area contributed by atoms with Gasteiger partial charge in [-0.05, 0) is 30.3 Å². The Morgan fingerprint density at radius 1 is 1.15 bits per heavy atom. The second kappa shape index (κ2) is 6.45. The fourth-order valence-electron chi connectivity index (χ4n) is 2.62. The first-order chi connectivity index (χ1) is 12.6. The summed E-state index contributed by atoms with van der Waals surface area (Å²) >= 11 is 1.27. The standard InChI is InChI=1S/C19H13N3O3S/c23-17-16(9-12-10-20-15-7-2-1-6-14(12)15)26-19(22-17)21-13-5-3-4-11(8-13)18(24)25/h1-10,23H,(H,21,22)(H,24,25). The van der Waals surface area contributed by atoms with E-state index in [4.69, 9.17) is 5.11 Å². The molecule has 7 heteroatoms. The van der Waals surface area contributed by atoms with Crippen molar-refractivity contribution in [1.29, 1.82) is 0 Å². The normalized spacial score (nSPS) is 13.8. The first-order valence-electron chi connectivity index (χ1n) is 7.75. The number of para-hydroxylation sites is 1. The van der Waals surface area contributed by atoms with Crippen molar-refractivity contribution in [3.8, 4) is 5.88 Å². The number of thiazole rings is 1. The summed E-state index contributed by atoms with van der Waals surface area (Å²) in [5, 5.41) is 22.7. The molecule has 3 aromatic rings. The summed E-state index contributed by atoms with van der Waals surface area (Å²) < 4.78 is 0. The third-order valence-corrected chi connectivity index (χ3v) is 4.75. The molecular weight excluding hydrogens is 350 g/mol. The van der Waals surface area contributed by atoms with Crippen LogP contribution in [0.4, 0.5) is 16.5 Å². The lowest BCUT2D eigenvalue weighted by Gasteiger charge is -2.02. The van der Waals surface area contributed by atoms with Crippen LogP contribution in [0.2, 0.25) is 0 Å². The summed E-state index contributed by atoms with van der Waals surface area (Å²) in [6.07, 6.45) is 3.59. The highest BCUT2D eigenvalue weighted by Crippen LogP contribution is 2.37. The Morgan fingerprint density at radius 2 is 2.00 bits per heavy atom. The van der Waals surface area contributed by atoms with Crippen molar-refractivity contribution in [1.82, 2.24) is 4.98 Å². The average molecular weight is 363 g/mol. The predicted octanol–water partition coefficient (Wildman–Crippen LogP) is 4.55. The van der Waals surface area contributed by atoms with Crippen molar-refractivity contribution in [3.63, 3.8) is 0 Å².